The number of aromatic nitrogens is 5. The molecule has 0 atom stereocenters. The molecule has 0 bridgehead atoms. The van der Waals surface area contributed by atoms with Gasteiger partial charge < -0.3 is 9.47 Å². The van der Waals surface area contributed by atoms with E-state index < -0.39 is 15.6 Å². The molecule has 13 heteroatoms. The summed E-state index contributed by atoms with van der Waals surface area (Å²) in [6.07, 6.45) is 11.8. The van der Waals surface area contributed by atoms with Crippen LogP contribution in [0, 0.1) is 11.3 Å². The molecule has 6 heterocycles. The van der Waals surface area contributed by atoms with Crippen molar-refractivity contribution in [2.45, 2.75) is 56.5 Å². The number of hydrogen-bond donors (Lipinski definition) is 0. The third-order valence-corrected chi connectivity index (χ3v) is 11.3. The summed E-state index contributed by atoms with van der Waals surface area (Å²) in [5.74, 6) is 1.89. The zero-order valence-electron chi connectivity index (χ0n) is 22.8. The van der Waals surface area contributed by atoms with Crippen molar-refractivity contribution >= 4 is 31.6 Å². The zero-order valence-corrected chi connectivity index (χ0v) is 24.4. The Kier molecular flexibility index (Phi) is 6.61. The largest absolute Gasteiger partial charge is 0.452 e. The highest BCUT2D eigenvalue weighted by molar-refractivity contribution is 7.89. The first-order valence-electron chi connectivity index (χ1n) is 14.0. The summed E-state index contributed by atoms with van der Waals surface area (Å²) in [5.41, 5.74) is 2.05. The molecule has 0 unspecified atom stereocenters. The van der Waals surface area contributed by atoms with Crippen LogP contribution in [0.5, 0.6) is 11.5 Å². The molecular formula is C28H31N7O4S2. The summed E-state index contributed by atoms with van der Waals surface area (Å²) >= 11 is 1.58. The van der Waals surface area contributed by atoms with Gasteiger partial charge in [-0.1, -0.05) is 0 Å². The highest BCUT2D eigenvalue weighted by atomic mass is 32.2. The van der Waals surface area contributed by atoms with Gasteiger partial charge in [0.1, 0.15) is 17.0 Å². The fraction of sp³-hybridized carbons (Fsp3) is 0.500. The number of fused-ring (bicyclic) bond motifs is 1. The Balaban J connectivity index is 1.18. The standard InChI is InChI=1S/C28H31N7O4S2/c1-2-41(36,37)33-17-28(18-33,8-9-29)35-15-20(14-31-35)25-13-22-27(40-25)23(5-10-30-22)39-24-16-34(21-3-4-21)32-26(24)19-6-11-38-12-7-19/h5,10,13-16,19,21H,2-4,6-8,11-12,17-18H2,1H3. The van der Waals surface area contributed by atoms with Crippen LogP contribution in [0.4, 0.5) is 0 Å². The summed E-state index contributed by atoms with van der Waals surface area (Å²) < 4.78 is 43.0. The molecular weight excluding hydrogens is 562 g/mol. The van der Waals surface area contributed by atoms with Crippen molar-refractivity contribution in [2.24, 2.45) is 0 Å². The van der Waals surface area contributed by atoms with Gasteiger partial charge in [0.25, 0.3) is 0 Å². The quantitative estimate of drug-likeness (QED) is 0.274. The Hall–Kier alpha value is -3.31. The number of thiophene rings is 1. The van der Waals surface area contributed by atoms with Gasteiger partial charge in [0.2, 0.25) is 10.0 Å². The second-order valence-electron chi connectivity index (χ2n) is 11.1. The third-order valence-electron chi connectivity index (χ3n) is 8.31. The first-order chi connectivity index (χ1) is 19.9. The molecule has 4 aromatic rings. The molecule has 0 aromatic carbocycles. The minimum Gasteiger partial charge on any atom is -0.452 e. The van der Waals surface area contributed by atoms with Crippen molar-refractivity contribution in [3.8, 4) is 28.0 Å². The van der Waals surface area contributed by atoms with Crippen LogP contribution in [-0.4, -0.2) is 69.3 Å². The van der Waals surface area contributed by atoms with E-state index in [1.54, 1.807) is 35.3 Å². The lowest BCUT2D eigenvalue weighted by atomic mass is 9.89. The first kappa shape index (κ1) is 26.6. The van der Waals surface area contributed by atoms with E-state index >= 15 is 0 Å². The number of nitrogens with zero attached hydrogens (tertiary/aromatic N) is 7. The van der Waals surface area contributed by atoms with E-state index in [0.717, 1.165) is 76.7 Å². The monoisotopic (exact) mass is 593 g/mol. The lowest BCUT2D eigenvalue weighted by molar-refractivity contribution is 0.0719. The summed E-state index contributed by atoms with van der Waals surface area (Å²) in [5, 5.41) is 19.0. The van der Waals surface area contributed by atoms with Crippen LogP contribution in [0.1, 0.15) is 56.7 Å². The molecule has 41 heavy (non-hydrogen) atoms. The van der Waals surface area contributed by atoms with Gasteiger partial charge in [-0.2, -0.15) is 19.8 Å². The molecule has 214 valence electrons. The average molecular weight is 594 g/mol. The van der Waals surface area contributed by atoms with Gasteiger partial charge in [0.05, 0.1) is 46.9 Å². The van der Waals surface area contributed by atoms with E-state index in [4.69, 9.17) is 14.6 Å². The number of sulfonamides is 1. The Morgan fingerprint density at radius 1 is 1.20 bits per heavy atom. The van der Waals surface area contributed by atoms with Gasteiger partial charge >= 0.3 is 0 Å². The highest BCUT2D eigenvalue weighted by Crippen LogP contribution is 2.44. The molecule has 0 spiro atoms. The molecule has 3 aliphatic rings. The SMILES string of the molecule is CCS(=O)(=O)N1CC(CC#N)(n2cc(-c3cc4nccc(Oc5cn(C6CC6)nc5C5CCOCC5)c4s3)cn2)C1. The maximum Gasteiger partial charge on any atom is 0.213 e. The van der Waals surface area contributed by atoms with E-state index in [9.17, 15) is 13.7 Å². The summed E-state index contributed by atoms with van der Waals surface area (Å²) in [4.78, 5) is 5.56. The number of pyridine rings is 1. The molecule has 0 radical (unpaired) electrons. The second kappa shape index (κ2) is 10.2. The Morgan fingerprint density at radius 3 is 2.73 bits per heavy atom. The predicted molar refractivity (Wildman–Crippen MR) is 153 cm³/mol. The van der Waals surface area contributed by atoms with E-state index in [0.29, 0.717) is 12.0 Å². The summed E-state index contributed by atoms with van der Waals surface area (Å²) in [6, 6.07) is 6.60. The second-order valence-corrected chi connectivity index (χ2v) is 14.4. The smallest absolute Gasteiger partial charge is 0.213 e. The Bertz CT molecular complexity index is 1740. The van der Waals surface area contributed by atoms with E-state index in [1.807, 2.05) is 24.5 Å². The van der Waals surface area contributed by atoms with Crippen molar-refractivity contribution in [1.82, 2.24) is 28.9 Å². The van der Waals surface area contributed by atoms with Crippen molar-refractivity contribution in [2.75, 3.05) is 32.1 Å². The topological polar surface area (TPSA) is 128 Å². The van der Waals surface area contributed by atoms with Gasteiger partial charge in [-0.05, 0) is 38.7 Å². The fourth-order valence-electron chi connectivity index (χ4n) is 5.69. The van der Waals surface area contributed by atoms with Crippen molar-refractivity contribution in [1.29, 1.82) is 5.26 Å². The Labute approximate surface area is 242 Å². The fourth-order valence-corrected chi connectivity index (χ4v) is 7.97. The number of hydrogen-bond acceptors (Lipinski definition) is 9. The van der Waals surface area contributed by atoms with Crippen LogP contribution in [0.15, 0.2) is 36.9 Å². The van der Waals surface area contributed by atoms with Crippen LogP contribution in [0.3, 0.4) is 0 Å². The number of rotatable bonds is 9. The lowest BCUT2D eigenvalue weighted by Gasteiger charge is -2.47. The van der Waals surface area contributed by atoms with E-state index in [2.05, 4.69) is 20.8 Å². The third kappa shape index (κ3) is 4.82. The molecule has 3 fully saturated rings. The molecule has 11 nitrogen and oxygen atoms in total. The average Bonchev–Trinajstić information content (AvgIpc) is 3.33. The van der Waals surface area contributed by atoms with Crippen molar-refractivity contribution < 1.29 is 17.9 Å². The van der Waals surface area contributed by atoms with Crippen LogP contribution >= 0.6 is 11.3 Å². The highest BCUT2D eigenvalue weighted by Gasteiger charge is 2.49. The van der Waals surface area contributed by atoms with Gasteiger partial charge in [0, 0.05) is 61.1 Å². The summed E-state index contributed by atoms with van der Waals surface area (Å²) in [6.45, 7) is 3.60. The minimum atomic E-state index is -3.31. The van der Waals surface area contributed by atoms with Crippen LogP contribution in [0.2, 0.25) is 0 Å². The molecule has 7 rings (SSSR count). The molecule has 0 N–H and O–H groups in total. The van der Waals surface area contributed by atoms with Gasteiger partial charge in [-0.15, -0.1) is 11.3 Å². The molecule has 1 aliphatic carbocycles. The molecule has 2 aliphatic heterocycles. The van der Waals surface area contributed by atoms with Gasteiger partial charge in [-0.3, -0.25) is 14.3 Å². The molecule has 1 saturated carbocycles. The molecule has 2 saturated heterocycles. The van der Waals surface area contributed by atoms with Crippen LogP contribution in [0.25, 0.3) is 20.7 Å². The first-order valence-corrected chi connectivity index (χ1v) is 16.5. The predicted octanol–water partition coefficient (Wildman–Crippen LogP) is 4.65. The lowest BCUT2D eigenvalue weighted by Crippen LogP contribution is -2.64. The van der Waals surface area contributed by atoms with Gasteiger partial charge in [-0.25, -0.2) is 8.42 Å². The van der Waals surface area contributed by atoms with E-state index in [-0.39, 0.29) is 25.3 Å². The van der Waals surface area contributed by atoms with Gasteiger partial charge in [0.15, 0.2) is 5.75 Å². The van der Waals surface area contributed by atoms with E-state index in [1.165, 1.54) is 4.31 Å². The normalized spacial score (nSPS) is 19.7. The van der Waals surface area contributed by atoms with Crippen molar-refractivity contribution in [3.05, 3.63) is 42.6 Å². The minimum absolute atomic E-state index is 0.0388. The molecule has 4 aromatic heterocycles. The maximum atomic E-state index is 12.3. The van der Waals surface area contributed by atoms with Crippen molar-refractivity contribution in [3.63, 3.8) is 0 Å². The number of nitriles is 1. The van der Waals surface area contributed by atoms with Crippen LogP contribution in [-0.2, 0) is 20.3 Å². The summed E-state index contributed by atoms with van der Waals surface area (Å²) in [7, 11) is -3.31. The molecule has 0 amide bonds. The number of ether oxygens (including phenoxy) is 2. The maximum absolute atomic E-state index is 12.3. The Morgan fingerprint density at radius 2 is 2.00 bits per heavy atom. The van der Waals surface area contributed by atoms with Crippen LogP contribution < -0.4 is 4.74 Å². The zero-order chi connectivity index (χ0) is 28.2.